The van der Waals surface area contributed by atoms with Gasteiger partial charge in [-0.1, -0.05) is 11.6 Å². The van der Waals surface area contributed by atoms with E-state index in [2.05, 4.69) is 10.00 Å². The van der Waals surface area contributed by atoms with Gasteiger partial charge >= 0.3 is 0 Å². The standard InChI is InChI=1S/C12H21ClN4/c1-9-11(12(13)16(2)15-9)8-17-5-3-4-10(6-14)7-17/h10H,3-8,14H2,1-2H3. The summed E-state index contributed by atoms with van der Waals surface area (Å²) in [7, 11) is 1.89. The zero-order valence-electron chi connectivity index (χ0n) is 10.6. The molecule has 0 saturated carbocycles. The molecular weight excluding hydrogens is 236 g/mol. The second-order valence-corrected chi connectivity index (χ2v) is 5.32. The van der Waals surface area contributed by atoms with Gasteiger partial charge in [-0.3, -0.25) is 9.58 Å². The van der Waals surface area contributed by atoms with Gasteiger partial charge in [0.2, 0.25) is 0 Å². The Bertz CT molecular complexity index is 388. The molecule has 0 bridgehead atoms. The first-order valence-electron chi connectivity index (χ1n) is 6.22. The largest absolute Gasteiger partial charge is 0.330 e. The molecular formula is C12H21ClN4. The lowest BCUT2D eigenvalue weighted by Gasteiger charge is -2.32. The molecule has 1 unspecified atom stereocenters. The highest BCUT2D eigenvalue weighted by atomic mass is 35.5. The average molecular weight is 257 g/mol. The molecule has 0 amide bonds. The lowest BCUT2D eigenvalue weighted by Crippen LogP contribution is -2.37. The average Bonchev–Trinajstić information content (AvgIpc) is 2.56. The normalized spacial score (nSPS) is 22.0. The number of likely N-dealkylation sites (tertiary alicyclic amines) is 1. The van der Waals surface area contributed by atoms with E-state index >= 15 is 0 Å². The molecule has 0 radical (unpaired) electrons. The Hall–Kier alpha value is -0.580. The Labute approximate surface area is 108 Å². The maximum atomic E-state index is 6.25. The molecule has 5 heteroatoms. The Morgan fingerprint density at radius 1 is 1.53 bits per heavy atom. The van der Waals surface area contributed by atoms with Crippen LogP contribution in [0.3, 0.4) is 0 Å². The number of hydrogen-bond donors (Lipinski definition) is 1. The first kappa shape index (κ1) is 12.9. The van der Waals surface area contributed by atoms with E-state index in [0.29, 0.717) is 5.92 Å². The molecule has 1 aliphatic heterocycles. The van der Waals surface area contributed by atoms with Crippen LogP contribution in [0.25, 0.3) is 0 Å². The third-order valence-corrected chi connectivity index (χ3v) is 4.06. The molecule has 0 spiro atoms. The first-order chi connectivity index (χ1) is 8.11. The van der Waals surface area contributed by atoms with E-state index in [0.717, 1.165) is 42.6 Å². The number of nitrogens with two attached hydrogens (primary N) is 1. The van der Waals surface area contributed by atoms with Gasteiger partial charge < -0.3 is 5.73 Å². The van der Waals surface area contributed by atoms with E-state index in [1.165, 1.54) is 12.8 Å². The Morgan fingerprint density at radius 2 is 2.29 bits per heavy atom. The second-order valence-electron chi connectivity index (χ2n) is 4.96. The predicted octanol–water partition coefficient (Wildman–Crippen LogP) is 1.55. The number of aromatic nitrogens is 2. The van der Waals surface area contributed by atoms with Gasteiger partial charge in [-0.05, 0) is 38.8 Å². The lowest BCUT2D eigenvalue weighted by molar-refractivity contribution is 0.171. The summed E-state index contributed by atoms with van der Waals surface area (Å²) >= 11 is 6.25. The first-order valence-corrected chi connectivity index (χ1v) is 6.60. The molecule has 1 saturated heterocycles. The van der Waals surface area contributed by atoms with Crippen molar-refractivity contribution >= 4 is 11.6 Å². The summed E-state index contributed by atoms with van der Waals surface area (Å²) in [5, 5.41) is 5.11. The van der Waals surface area contributed by atoms with Crippen molar-refractivity contribution in [3.8, 4) is 0 Å². The topological polar surface area (TPSA) is 47.1 Å². The highest BCUT2D eigenvalue weighted by Gasteiger charge is 2.21. The minimum Gasteiger partial charge on any atom is -0.330 e. The minimum atomic E-state index is 0.638. The van der Waals surface area contributed by atoms with Crippen molar-refractivity contribution in [1.29, 1.82) is 0 Å². The fourth-order valence-electron chi connectivity index (χ4n) is 2.56. The summed E-state index contributed by atoms with van der Waals surface area (Å²) in [5.41, 5.74) is 7.95. The third-order valence-electron chi connectivity index (χ3n) is 3.59. The highest BCUT2D eigenvalue weighted by molar-refractivity contribution is 6.30. The van der Waals surface area contributed by atoms with Crippen LogP contribution in [0.4, 0.5) is 0 Å². The molecule has 96 valence electrons. The smallest absolute Gasteiger partial charge is 0.131 e. The maximum absolute atomic E-state index is 6.25. The lowest BCUT2D eigenvalue weighted by atomic mass is 9.98. The Balaban J connectivity index is 2.05. The van der Waals surface area contributed by atoms with Gasteiger partial charge in [0.05, 0.1) is 5.69 Å². The zero-order chi connectivity index (χ0) is 12.4. The van der Waals surface area contributed by atoms with Gasteiger partial charge in [-0.15, -0.1) is 0 Å². The number of aryl methyl sites for hydroxylation is 2. The molecule has 0 aliphatic carbocycles. The number of nitrogens with zero attached hydrogens (tertiary/aromatic N) is 3. The fraction of sp³-hybridized carbons (Fsp3) is 0.750. The summed E-state index contributed by atoms with van der Waals surface area (Å²) in [6, 6.07) is 0. The summed E-state index contributed by atoms with van der Waals surface area (Å²) in [6.45, 7) is 5.93. The van der Waals surface area contributed by atoms with Gasteiger partial charge in [0, 0.05) is 25.7 Å². The quantitative estimate of drug-likeness (QED) is 0.893. The molecule has 1 fully saturated rings. The van der Waals surface area contributed by atoms with Crippen LogP contribution in [0, 0.1) is 12.8 Å². The molecule has 1 aromatic heterocycles. The van der Waals surface area contributed by atoms with Crippen molar-refractivity contribution in [2.45, 2.75) is 26.3 Å². The van der Waals surface area contributed by atoms with E-state index in [1.54, 1.807) is 4.68 Å². The molecule has 0 aromatic carbocycles. The van der Waals surface area contributed by atoms with Crippen LogP contribution in [0.5, 0.6) is 0 Å². The van der Waals surface area contributed by atoms with Gasteiger partial charge in [0.1, 0.15) is 5.15 Å². The van der Waals surface area contributed by atoms with Gasteiger partial charge in [-0.2, -0.15) is 5.10 Å². The van der Waals surface area contributed by atoms with Crippen LogP contribution in [0.1, 0.15) is 24.1 Å². The summed E-state index contributed by atoms with van der Waals surface area (Å²) in [6.07, 6.45) is 2.49. The second kappa shape index (κ2) is 5.38. The molecule has 4 nitrogen and oxygen atoms in total. The maximum Gasteiger partial charge on any atom is 0.131 e. The Kier molecular flexibility index (Phi) is 4.07. The molecule has 2 N–H and O–H groups in total. The Morgan fingerprint density at radius 3 is 2.88 bits per heavy atom. The van der Waals surface area contributed by atoms with E-state index in [-0.39, 0.29) is 0 Å². The monoisotopic (exact) mass is 256 g/mol. The number of hydrogen-bond acceptors (Lipinski definition) is 3. The van der Waals surface area contributed by atoms with E-state index < -0.39 is 0 Å². The molecule has 1 atom stereocenters. The summed E-state index contributed by atoms with van der Waals surface area (Å²) in [5.74, 6) is 0.638. The van der Waals surface area contributed by atoms with Gasteiger partial charge in [0.15, 0.2) is 0 Å². The molecule has 1 aliphatic rings. The van der Waals surface area contributed by atoms with Crippen molar-refractivity contribution in [2.24, 2.45) is 18.7 Å². The van der Waals surface area contributed by atoms with E-state index in [9.17, 15) is 0 Å². The van der Waals surface area contributed by atoms with Crippen molar-refractivity contribution < 1.29 is 0 Å². The molecule has 1 aromatic rings. The predicted molar refractivity (Wildman–Crippen MR) is 70.0 cm³/mol. The van der Waals surface area contributed by atoms with E-state index in [4.69, 9.17) is 17.3 Å². The zero-order valence-corrected chi connectivity index (χ0v) is 11.4. The van der Waals surface area contributed by atoms with Crippen LogP contribution in [0.15, 0.2) is 0 Å². The third kappa shape index (κ3) is 2.81. The van der Waals surface area contributed by atoms with Crippen molar-refractivity contribution in [3.05, 3.63) is 16.4 Å². The van der Waals surface area contributed by atoms with Crippen LogP contribution in [-0.4, -0.2) is 34.3 Å². The molecule has 2 heterocycles. The van der Waals surface area contributed by atoms with Crippen LogP contribution in [-0.2, 0) is 13.6 Å². The highest BCUT2D eigenvalue weighted by Crippen LogP contribution is 2.23. The van der Waals surface area contributed by atoms with Crippen LogP contribution >= 0.6 is 11.6 Å². The number of piperidine rings is 1. The SMILES string of the molecule is Cc1nn(C)c(Cl)c1CN1CCCC(CN)C1. The minimum absolute atomic E-state index is 0.638. The number of rotatable bonds is 3. The fourth-order valence-corrected chi connectivity index (χ4v) is 2.80. The van der Waals surface area contributed by atoms with Gasteiger partial charge in [0.25, 0.3) is 0 Å². The molecule has 17 heavy (non-hydrogen) atoms. The van der Waals surface area contributed by atoms with Crippen LogP contribution < -0.4 is 5.73 Å². The van der Waals surface area contributed by atoms with E-state index in [1.807, 2.05) is 14.0 Å². The summed E-state index contributed by atoms with van der Waals surface area (Å²) < 4.78 is 1.75. The van der Waals surface area contributed by atoms with Crippen molar-refractivity contribution in [1.82, 2.24) is 14.7 Å². The molecule has 2 rings (SSSR count). The number of halogens is 1. The van der Waals surface area contributed by atoms with Crippen molar-refractivity contribution in [3.63, 3.8) is 0 Å². The van der Waals surface area contributed by atoms with Crippen molar-refractivity contribution in [2.75, 3.05) is 19.6 Å². The van der Waals surface area contributed by atoms with Crippen LogP contribution in [0.2, 0.25) is 5.15 Å². The van der Waals surface area contributed by atoms with Gasteiger partial charge in [-0.25, -0.2) is 0 Å². The summed E-state index contributed by atoms with van der Waals surface area (Å²) in [4.78, 5) is 2.44.